The number of anilines is 1. The Bertz CT molecular complexity index is 983. The van der Waals surface area contributed by atoms with Gasteiger partial charge in [-0.2, -0.15) is 0 Å². The fourth-order valence-electron chi connectivity index (χ4n) is 3.73. The third kappa shape index (κ3) is 5.05. The molecule has 3 heterocycles. The summed E-state index contributed by atoms with van der Waals surface area (Å²) in [5.74, 6) is 0. The van der Waals surface area contributed by atoms with Gasteiger partial charge in [-0.05, 0) is 56.0 Å². The number of benzene rings is 1. The van der Waals surface area contributed by atoms with E-state index in [0.717, 1.165) is 11.3 Å². The van der Waals surface area contributed by atoms with Crippen molar-refractivity contribution >= 4 is 23.4 Å². The fraction of sp³-hybridized carbons (Fsp3) is 0.375. The van der Waals surface area contributed by atoms with Gasteiger partial charge in [0, 0.05) is 26.2 Å². The van der Waals surface area contributed by atoms with E-state index in [1.54, 1.807) is 16.0 Å². The minimum atomic E-state index is -0.499. The number of nitrogens with zero attached hydrogens (tertiary/aromatic N) is 3. The number of fused-ring (bicyclic) bond motifs is 1. The zero-order valence-corrected chi connectivity index (χ0v) is 18.2. The van der Waals surface area contributed by atoms with E-state index < -0.39 is 5.60 Å². The molecule has 4 rings (SSSR count). The van der Waals surface area contributed by atoms with Crippen molar-refractivity contribution in [1.82, 2.24) is 14.8 Å². The summed E-state index contributed by atoms with van der Waals surface area (Å²) >= 11 is 0. The Kier molecular flexibility index (Phi) is 5.67. The first kappa shape index (κ1) is 20.9. The van der Waals surface area contributed by atoms with Gasteiger partial charge >= 0.3 is 12.1 Å². The van der Waals surface area contributed by atoms with E-state index in [1.807, 2.05) is 51.1 Å². The topological polar surface area (TPSA) is 74.8 Å². The average Bonchev–Trinajstić information content (AvgIpc) is 3.18. The molecule has 0 saturated carbocycles. The van der Waals surface area contributed by atoms with E-state index in [1.165, 1.54) is 11.1 Å². The average molecular weight is 421 g/mol. The van der Waals surface area contributed by atoms with E-state index in [-0.39, 0.29) is 12.1 Å². The number of amides is 3. The molecule has 2 aliphatic rings. The van der Waals surface area contributed by atoms with E-state index in [0.29, 0.717) is 38.3 Å². The van der Waals surface area contributed by atoms with Crippen LogP contribution in [0.3, 0.4) is 0 Å². The SMILES string of the molecule is CC(C)(C)OC(=O)N1CC=C(c2ccc(NC(=O)N3Cc4ccccc4C3)cn2)CC1. The number of hydrogen-bond donors (Lipinski definition) is 1. The van der Waals surface area contributed by atoms with Gasteiger partial charge in [-0.25, -0.2) is 9.59 Å². The second-order valence-electron chi connectivity index (χ2n) is 8.89. The van der Waals surface area contributed by atoms with Gasteiger partial charge in [0.2, 0.25) is 0 Å². The summed E-state index contributed by atoms with van der Waals surface area (Å²) in [5, 5.41) is 2.93. The number of carbonyl (C=O) groups excluding carboxylic acids is 2. The van der Waals surface area contributed by atoms with Crippen LogP contribution in [0.2, 0.25) is 0 Å². The first-order chi connectivity index (χ1) is 14.8. The summed E-state index contributed by atoms with van der Waals surface area (Å²) in [6.45, 7) is 7.92. The van der Waals surface area contributed by atoms with Crippen LogP contribution >= 0.6 is 0 Å². The Balaban J connectivity index is 1.33. The molecule has 3 amide bonds. The van der Waals surface area contributed by atoms with Gasteiger partial charge in [-0.15, -0.1) is 0 Å². The van der Waals surface area contributed by atoms with Crippen molar-refractivity contribution in [2.45, 2.75) is 45.9 Å². The zero-order chi connectivity index (χ0) is 22.0. The molecule has 0 unspecified atom stereocenters. The molecule has 2 aromatic rings. The number of pyridine rings is 1. The maximum absolute atomic E-state index is 12.6. The van der Waals surface area contributed by atoms with Crippen molar-refractivity contribution in [1.29, 1.82) is 0 Å². The maximum atomic E-state index is 12.6. The van der Waals surface area contributed by atoms with Crippen molar-refractivity contribution < 1.29 is 14.3 Å². The van der Waals surface area contributed by atoms with Gasteiger partial charge in [0.05, 0.1) is 17.6 Å². The van der Waals surface area contributed by atoms with Gasteiger partial charge in [-0.1, -0.05) is 30.3 Å². The standard InChI is InChI=1S/C24H28N4O3/c1-24(2,3)31-23(30)27-12-10-17(11-13-27)21-9-8-20(14-25-21)26-22(29)28-15-18-6-4-5-7-19(18)16-28/h4-10,14H,11-13,15-16H2,1-3H3,(H,26,29). The lowest BCUT2D eigenvalue weighted by atomic mass is 10.0. The van der Waals surface area contributed by atoms with E-state index >= 15 is 0 Å². The predicted molar refractivity (Wildman–Crippen MR) is 119 cm³/mol. The van der Waals surface area contributed by atoms with Gasteiger partial charge in [0.25, 0.3) is 0 Å². The minimum absolute atomic E-state index is 0.129. The highest BCUT2D eigenvalue weighted by atomic mass is 16.6. The Hall–Kier alpha value is -3.35. The van der Waals surface area contributed by atoms with Crippen LogP contribution in [0.15, 0.2) is 48.7 Å². The lowest BCUT2D eigenvalue weighted by Gasteiger charge is -2.29. The smallest absolute Gasteiger partial charge is 0.410 e. The number of ether oxygens (including phenoxy) is 1. The van der Waals surface area contributed by atoms with Gasteiger partial charge in [0.1, 0.15) is 5.60 Å². The van der Waals surface area contributed by atoms with E-state index in [2.05, 4.69) is 22.4 Å². The van der Waals surface area contributed by atoms with E-state index in [4.69, 9.17) is 4.74 Å². The molecule has 2 aliphatic heterocycles. The molecule has 1 aromatic carbocycles. The number of rotatable bonds is 2. The summed E-state index contributed by atoms with van der Waals surface area (Å²) < 4.78 is 5.43. The van der Waals surface area contributed by atoms with Gasteiger partial charge in [0.15, 0.2) is 0 Å². The van der Waals surface area contributed by atoms with Crippen molar-refractivity contribution in [3.8, 4) is 0 Å². The zero-order valence-electron chi connectivity index (χ0n) is 18.2. The molecule has 0 fully saturated rings. The number of carbonyl (C=O) groups is 2. The fourth-order valence-corrected chi connectivity index (χ4v) is 3.73. The van der Waals surface area contributed by atoms with Crippen LogP contribution in [0.25, 0.3) is 5.57 Å². The Morgan fingerprint density at radius 1 is 1.03 bits per heavy atom. The summed E-state index contributed by atoms with van der Waals surface area (Å²) in [5.41, 5.74) is 4.49. The molecule has 0 bridgehead atoms. The molecule has 0 saturated heterocycles. The number of hydrogen-bond acceptors (Lipinski definition) is 4. The molecular weight excluding hydrogens is 392 g/mol. The highest BCUT2D eigenvalue weighted by molar-refractivity contribution is 5.89. The van der Waals surface area contributed by atoms with Gasteiger partial charge in [-0.3, -0.25) is 4.98 Å². The van der Waals surface area contributed by atoms with Gasteiger partial charge < -0.3 is 19.9 Å². The Morgan fingerprint density at radius 3 is 2.29 bits per heavy atom. The summed E-state index contributed by atoms with van der Waals surface area (Å²) in [7, 11) is 0. The minimum Gasteiger partial charge on any atom is -0.444 e. The molecule has 7 heteroatoms. The third-order valence-corrected chi connectivity index (χ3v) is 5.33. The number of urea groups is 1. The highest BCUT2D eigenvalue weighted by Gasteiger charge is 2.25. The highest BCUT2D eigenvalue weighted by Crippen LogP contribution is 2.25. The largest absolute Gasteiger partial charge is 0.444 e. The molecular formula is C24H28N4O3. The number of aromatic nitrogens is 1. The summed E-state index contributed by atoms with van der Waals surface area (Å²) in [4.78, 5) is 32.8. The molecule has 0 atom stereocenters. The quantitative estimate of drug-likeness (QED) is 0.767. The Labute approximate surface area is 182 Å². The second-order valence-corrected chi connectivity index (χ2v) is 8.89. The van der Waals surface area contributed by atoms with Crippen molar-refractivity contribution in [3.05, 3.63) is 65.5 Å². The Morgan fingerprint density at radius 2 is 1.74 bits per heavy atom. The molecule has 31 heavy (non-hydrogen) atoms. The summed E-state index contributed by atoms with van der Waals surface area (Å²) in [6, 6.07) is 11.7. The third-order valence-electron chi connectivity index (χ3n) is 5.33. The lowest BCUT2D eigenvalue weighted by molar-refractivity contribution is 0.0270. The molecule has 0 aliphatic carbocycles. The maximum Gasteiger partial charge on any atom is 0.410 e. The normalized spacial score (nSPS) is 15.9. The van der Waals surface area contributed by atoms with Crippen LogP contribution in [-0.2, 0) is 17.8 Å². The van der Waals surface area contributed by atoms with Crippen molar-refractivity contribution in [3.63, 3.8) is 0 Å². The van der Waals surface area contributed by atoms with Crippen LogP contribution < -0.4 is 5.32 Å². The molecule has 0 spiro atoms. The first-order valence-electron chi connectivity index (χ1n) is 10.5. The second kappa shape index (κ2) is 8.41. The predicted octanol–water partition coefficient (Wildman–Crippen LogP) is 4.65. The molecule has 1 aromatic heterocycles. The van der Waals surface area contributed by atoms with E-state index in [9.17, 15) is 9.59 Å². The molecule has 0 radical (unpaired) electrons. The lowest BCUT2D eigenvalue weighted by Crippen LogP contribution is -2.39. The van der Waals surface area contributed by atoms with Crippen LogP contribution in [0, 0.1) is 0 Å². The van der Waals surface area contributed by atoms with Crippen LogP contribution in [0.5, 0.6) is 0 Å². The van der Waals surface area contributed by atoms with Crippen molar-refractivity contribution in [2.75, 3.05) is 18.4 Å². The van der Waals surface area contributed by atoms with Crippen LogP contribution in [0.4, 0.5) is 15.3 Å². The summed E-state index contributed by atoms with van der Waals surface area (Å²) in [6.07, 6.45) is 4.11. The number of nitrogens with one attached hydrogen (secondary N) is 1. The monoisotopic (exact) mass is 420 g/mol. The van der Waals surface area contributed by atoms with Crippen molar-refractivity contribution in [2.24, 2.45) is 0 Å². The molecule has 162 valence electrons. The van der Waals surface area contributed by atoms with Crippen LogP contribution in [0.1, 0.15) is 44.0 Å². The molecule has 7 nitrogen and oxygen atoms in total. The molecule has 1 N–H and O–H groups in total. The van der Waals surface area contributed by atoms with Crippen LogP contribution in [-0.4, -0.2) is 45.6 Å². The first-order valence-corrected chi connectivity index (χ1v) is 10.5.